The molecular weight excluding hydrogens is 263 g/mol. The van der Waals surface area contributed by atoms with Gasteiger partial charge in [-0.2, -0.15) is 0 Å². The second-order valence-corrected chi connectivity index (χ2v) is 4.21. The van der Waals surface area contributed by atoms with E-state index in [-0.39, 0.29) is 6.61 Å². The molecule has 0 fully saturated rings. The average molecular weight is 277 g/mol. The van der Waals surface area contributed by atoms with Gasteiger partial charge in [0.25, 0.3) is 0 Å². The van der Waals surface area contributed by atoms with Gasteiger partial charge in [0.15, 0.2) is 0 Å². The van der Waals surface area contributed by atoms with Crippen molar-refractivity contribution < 1.29 is 14.3 Å². The van der Waals surface area contributed by atoms with E-state index in [0.717, 1.165) is 5.56 Å². The lowest BCUT2D eigenvalue weighted by atomic mass is 10.1. The first kappa shape index (κ1) is 14.3. The van der Waals surface area contributed by atoms with Crippen LogP contribution in [-0.2, 0) is 9.47 Å². The Kier molecular flexibility index (Phi) is 5.75. The van der Waals surface area contributed by atoms with Crippen LogP contribution in [0.4, 0.5) is 0 Å². The Morgan fingerprint density at radius 3 is 2.35 bits per heavy atom. The molecule has 0 amide bonds. The van der Waals surface area contributed by atoms with Crippen LogP contribution in [0.15, 0.2) is 12.1 Å². The number of ether oxygens (including phenoxy) is 2. The highest BCUT2D eigenvalue weighted by atomic mass is 35.5. The van der Waals surface area contributed by atoms with Gasteiger partial charge < -0.3 is 9.47 Å². The lowest BCUT2D eigenvalue weighted by Crippen LogP contribution is -2.11. The summed E-state index contributed by atoms with van der Waals surface area (Å²) < 4.78 is 10.1. The first-order valence-corrected chi connectivity index (χ1v) is 6.02. The van der Waals surface area contributed by atoms with Crippen molar-refractivity contribution in [2.75, 3.05) is 19.8 Å². The van der Waals surface area contributed by atoms with Crippen LogP contribution in [0.5, 0.6) is 0 Å². The number of esters is 1. The second-order valence-electron chi connectivity index (χ2n) is 3.40. The Bertz CT molecular complexity index is 382. The van der Waals surface area contributed by atoms with Crippen LogP contribution < -0.4 is 0 Å². The van der Waals surface area contributed by atoms with Crippen molar-refractivity contribution in [3.63, 3.8) is 0 Å². The molecule has 0 aliphatic carbocycles. The van der Waals surface area contributed by atoms with E-state index in [2.05, 4.69) is 0 Å². The molecule has 1 aromatic rings. The lowest BCUT2D eigenvalue weighted by molar-refractivity contribution is 0.0335. The predicted octanol–water partition coefficient (Wildman–Crippen LogP) is 3.50. The summed E-state index contributed by atoms with van der Waals surface area (Å²) in [5.74, 6) is -0.450. The number of benzene rings is 1. The fraction of sp³-hybridized carbons (Fsp3) is 0.417. The van der Waals surface area contributed by atoms with Crippen molar-refractivity contribution in [1.29, 1.82) is 0 Å². The Labute approximate surface area is 111 Å². The summed E-state index contributed by atoms with van der Waals surface area (Å²) in [7, 11) is 0. The van der Waals surface area contributed by atoms with Gasteiger partial charge in [-0.1, -0.05) is 23.2 Å². The van der Waals surface area contributed by atoms with E-state index in [1.54, 1.807) is 19.1 Å². The Morgan fingerprint density at radius 1 is 1.24 bits per heavy atom. The molecule has 5 heteroatoms. The summed E-state index contributed by atoms with van der Waals surface area (Å²) in [6.45, 7) is 4.86. The van der Waals surface area contributed by atoms with E-state index >= 15 is 0 Å². The van der Waals surface area contributed by atoms with Gasteiger partial charge in [-0.05, 0) is 31.5 Å². The van der Waals surface area contributed by atoms with Gasteiger partial charge in [-0.3, -0.25) is 0 Å². The fourth-order valence-electron chi connectivity index (χ4n) is 1.18. The molecule has 0 saturated heterocycles. The number of carbonyl (C=O) groups is 1. The third-order valence-corrected chi connectivity index (χ3v) is 2.97. The Balaban J connectivity index is 2.63. The zero-order valence-electron chi connectivity index (χ0n) is 9.76. The Hall–Kier alpha value is -0.770. The highest BCUT2D eigenvalue weighted by molar-refractivity contribution is 6.36. The molecular formula is C12H14Cl2O3. The lowest BCUT2D eigenvalue weighted by Gasteiger charge is -2.07. The first-order chi connectivity index (χ1) is 8.06. The second kappa shape index (κ2) is 6.84. The van der Waals surface area contributed by atoms with Gasteiger partial charge in [-0.25, -0.2) is 4.79 Å². The van der Waals surface area contributed by atoms with Crippen LogP contribution >= 0.6 is 23.2 Å². The SMILES string of the molecule is CCOCCOC(=O)c1cc(Cl)c(C)c(Cl)c1. The van der Waals surface area contributed by atoms with Crippen molar-refractivity contribution in [2.24, 2.45) is 0 Å². The largest absolute Gasteiger partial charge is 0.460 e. The summed E-state index contributed by atoms with van der Waals surface area (Å²) in [6, 6.07) is 3.09. The monoisotopic (exact) mass is 276 g/mol. The van der Waals surface area contributed by atoms with Crippen LogP contribution in [0.2, 0.25) is 10.0 Å². The van der Waals surface area contributed by atoms with E-state index in [9.17, 15) is 4.79 Å². The summed E-state index contributed by atoms with van der Waals surface area (Å²) in [4.78, 5) is 11.6. The van der Waals surface area contributed by atoms with E-state index in [1.165, 1.54) is 0 Å². The molecule has 94 valence electrons. The molecule has 0 N–H and O–H groups in total. The van der Waals surface area contributed by atoms with Crippen molar-refractivity contribution >= 4 is 29.2 Å². The molecule has 0 aliphatic rings. The number of hydrogen-bond acceptors (Lipinski definition) is 3. The molecule has 0 unspecified atom stereocenters. The highest BCUT2D eigenvalue weighted by Crippen LogP contribution is 2.25. The van der Waals surface area contributed by atoms with Crippen LogP contribution in [0.25, 0.3) is 0 Å². The molecule has 0 aliphatic heterocycles. The maximum Gasteiger partial charge on any atom is 0.338 e. The van der Waals surface area contributed by atoms with E-state index < -0.39 is 5.97 Å². The zero-order chi connectivity index (χ0) is 12.8. The van der Waals surface area contributed by atoms with Crippen molar-refractivity contribution in [1.82, 2.24) is 0 Å². The molecule has 0 saturated carbocycles. The molecule has 1 rings (SSSR count). The standard InChI is InChI=1S/C12H14Cl2O3/c1-3-16-4-5-17-12(15)9-6-10(13)8(2)11(14)7-9/h6-7H,3-5H2,1-2H3. The maximum absolute atomic E-state index is 11.6. The molecule has 0 heterocycles. The minimum atomic E-state index is -0.450. The molecule has 0 radical (unpaired) electrons. The molecule has 17 heavy (non-hydrogen) atoms. The number of rotatable bonds is 5. The molecule has 3 nitrogen and oxygen atoms in total. The summed E-state index contributed by atoms with van der Waals surface area (Å²) >= 11 is 11.9. The van der Waals surface area contributed by atoms with E-state index in [0.29, 0.717) is 28.8 Å². The molecule has 0 spiro atoms. The predicted molar refractivity (Wildman–Crippen MR) is 68.0 cm³/mol. The van der Waals surface area contributed by atoms with Crippen LogP contribution in [0.3, 0.4) is 0 Å². The van der Waals surface area contributed by atoms with Crippen molar-refractivity contribution in [3.8, 4) is 0 Å². The van der Waals surface area contributed by atoms with Gasteiger partial charge in [0.05, 0.1) is 12.2 Å². The van der Waals surface area contributed by atoms with Crippen LogP contribution in [-0.4, -0.2) is 25.8 Å². The van der Waals surface area contributed by atoms with Gasteiger partial charge in [-0.15, -0.1) is 0 Å². The number of hydrogen-bond donors (Lipinski definition) is 0. The topological polar surface area (TPSA) is 35.5 Å². The van der Waals surface area contributed by atoms with Gasteiger partial charge in [0, 0.05) is 16.7 Å². The van der Waals surface area contributed by atoms with E-state index in [4.69, 9.17) is 32.7 Å². The smallest absolute Gasteiger partial charge is 0.338 e. The van der Waals surface area contributed by atoms with Crippen molar-refractivity contribution in [3.05, 3.63) is 33.3 Å². The third kappa shape index (κ3) is 4.19. The molecule has 1 aromatic carbocycles. The maximum atomic E-state index is 11.6. The minimum Gasteiger partial charge on any atom is -0.460 e. The van der Waals surface area contributed by atoms with Gasteiger partial charge >= 0.3 is 5.97 Å². The van der Waals surface area contributed by atoms with Crippen LogP contribution in [0.1, 0.15) is 22.8 Å². The molecule has 0 atom stereocenters. The number of carbonyl (C=O) groups excluding carboxylic acids is 1. The summed E-state index contributed by atoms with van der Waals surface area (Å²) in [5.41, 5.74) is 1.10. The Morgan fingerprint density at radius 2 is 1.82 bits per heavy atom. The third-order valence-electron chi connectivity index (χ3n) is 2.18. The van der Waals surface area contributed by atoms with Gasteiger partial charge in [0.2, 0.25) is 0 Å². The van der Waals surface area contributed by atoms with Crippen LogP contribution in [0, 0.1) is 6.92 Å². The molecule has 0 bridgehead atoms. The average Bonchev–Trinajstić information content (AvgIpc) is 2.30. The zero-order valence-corrected chi connectivity index (χ0v) is 11.3. The number of halogens is 2. The van der Waals surface area contributed by atoms with E-state index in [1.807, 2.05) is 6.92 Å². The highest BCUT2D eigenvalue weighted by Gasteiger charge is 2.11. The molecule has 0 aromatic heterocycles. The van der Waals surface area contributed by atoms with Gasteiger partial charge in [0.1, 0.15) is 6.61 Å². The fourth-order valence-corrected chi connectivity index (χ4v) is 1.67. The summed E-state index contributed by atoms with van der Waals surface area (Å²) in [5, 5.41) is 0.906. The first-order valence-electron chi connectivity index (χ1n) is 5.26. The van der Waals surface area contributed by atoms with Crippen molar-refractivity contribution in [2.45, 2.75) is 13.8 Å². The minimum absolute atomic E-state index is 0.218. The quantitative estimate of drug-likeness (QED) is 0.610. The summed E-state index contributed by atoms with van der Waals surface area (Å²) in [6.07, 6.45) is 0. The normalized spacial score (nSPS) is 10.4.